The maximum atomic E-state index is 6.30. The molecule has 678 valence electrons. The first-order chi connectivity index (χ1) is 71.9. The third-order valence-corrected chi connectivity index (χ3v) is 29.6. The molecule has 0 bridgehead atoms. The highest BCUT2D eigenvalue weighted by Crippen LogP contribution is 2.47. The standard InChI is InChI=1S/C48H30N2O.C48H32N2.C42H28N2/c1-2-12-31(13-3-1)32-14-10-15-35(28-32)49-41-19-7-4-16-36(41)39-29-33(24-26-43(39)49)34-25-27-44-40(30-34)37-17-5-8-20-42(37)50(44)45-21-11-23-47-48(45)38-18-6-9-22-46(38)51-47;1-3-11-33(12-4-1)35-19-25-39(26-20-35)49-45-17-9-7-15-41(45)43-31-37(23-29-47(43)49)38-24-30-48-44(32-38)42-16-8-10-18-46(42)50(48)40-27-21-36(22-28-40)34-13-5-2-6-14-34;1-3-13-29(14-4-1)33-17-7-10-20-38(33)44-40-22-12-9-19-35(40)37-28-31(24-26-42(37)44)30-23-25-41-36(27-30)34-18-8-11-21-39(34)43(41)32-15-5-2-6-16-32/h1-30H;1-32H;1-28H. The molecule has 0 aliphatic heterocycles. The molecule has 0 fully saturated rings. The zero-order valence-electron chi connectivity index (χ0n) is 79.1. The fourth-order valence-electron chi connectivity index (χ4n) is 22.9. The molecule has 7 aromatic heterocycles. The number of fused-ring (bicyclic) bond motifs is 21. The molecular formula is C138H90N6O. The van der Waals surface area contributed by atoms with E-state index in [1.54, 1.807) is 0 Å². The van der Waals surface area contributed by atoms with Crippen LogP contribution >= 0.6 is 0 Å². The van der Waals surface area contributed by atoms with Gasteiger partial charge in [-0.25, -0.2) is 0 Å². The van der Waals surface area contributed by atoms with E-state index >= 15 is 0 Å². The van der Waals surface area contributed by atoms with Gasteiger partial charge in [0.25, 0.3) is 0 Å². The minimum Gasteiger partial charge on any atom is -0.456 e. The highest BCUT2D eigenvalue weighted by molar-refractivity contribution is 6.19. The molecule has 0 N–H and O–H groups in total. The molecule has 0 amide bonds. The monoisotopic (exact) mass is 1850 g/mol. The Balaban J connectivity index is 0.000000106. The van der Waals surface area contributed by atoms with Gasteiger partial charge in [-0.05, 0) is 254 Å². The number of rotatable bonds is 13. The molecule has 145 heavy (non-hydrogen) atoms. The normalized spacial score (nSPS) is 11.7. The van der Waals surface area contributed by atoms with Gasteiger partial charge in [-0.2, -0.15) is 0 Å². The van der Waals surface area contributed by atoms with Crippen molar-refractivity contribution in [2.75, 3.05) is 0 Å². The Morgan fingerprint density at radius 1 is 0.117 bits per heavy atom. The van der Waals surface area contributed by atoms with Crippen LogP contribution in [0.15, 0.2) is 550 Å². The van der Waals surface area contributed by atoms with Gasteiger partial charge in [-0.15, -0.1) is 0 Å². The molecule has 0 radical (unpaired) electrons. The molecule has 0 aliphatic rings. The van der Waals surface area contributed by atoms with Gasteiger partial charge < -0.3 is 31.8 Å². The first kappa shape index (κ1) is 83.8. The van der Waals surface area contributed by atoms with Crippen LogP contribution in [-0.4, -0.2) is 27.4 Å². The molecule has 7 heterocycles. The lowest BCUT2D eigenvalue weighted by Crippen LogP contribution is -1.97. The minimum absolute atomic E-state index is 0.899. The van der Waals surface area contributed by atoms with Crippen LogP contribution in [0, 0.1) is 0 Å². The van der Waals surface area contributed by atoms with Gasteiger partial charge in [0.2, 0.25) is 0 Å². The van der Waals surface area contributed by atoms with Crippen molar-refractivity contribution in [3.8, 4) is 112 Å². The average Bonchev–Trinajstić information content (AvgIpc) is 1.58. The number of furan rings is 1. The highest BCUT2D eigenvalue weighted by Gasteiger charge is 2.25. The minimum atomic E-state index is 0.899. The van der Waals surface area contributed by atoms with Gasteiger partial charge in [0.1, 0.15) is 11.2 Å². The first-order valence-corrected chi connectivity index (χ1v) is 49.7. The van der Waals surface area contributed by atoms with E-state index in [0.717, 1.165) is 44.7 Å². The van der Waals surface area contributed by atoms with E-state index in [4.69, 9.17) is 4.42 Å². The maximum Gasteiger partial charge on any atom is 0.137 e. The number of nitrogens with zero attached hydrogens (tertiary/aromatic N) is 6. The average molecular weight is 1850 g/mol. The maximum absolute atomic E-state index is 6.30. The summed E-state index contributed by atoms with van der Waals surface area (Å²) in [5.41, 5.74) is 40.3. The number of hydrogen-bond donors (Lipinski definition) is 0. The Morgan fingerprint density at radius 3 is 0.731 bits per heavy atom. The van der Waals surface area contributed by atoms with Crippen molar-refractivity contribution in [1.29, 1.82) is 0 Å². The van der Waals surface area contributed by atoms with Crippen molar-refractivity contribution in [2.45, 2.75) is 0 Å². The second-order valence-corrected chi connectivity index (χ2v) is 37.7. The Hall–Kier alpha value is -19.3. The molecular weight excluding hydrogens is 1760 g/mol. The molecule has 0 saturated heterocycles. The molecule has 7 nitrogen and oxygen atoms in total. The Labute approximate surface area is 836 Å². The van der Waals surface area contributed by atoms with Gasteiger partial charge in [0.05, 0.1) is 83.0 Å². The third-order valence-electron chi connectivity index (χ3n) is 29.6. The molecule has 23 aromatic carbocycles. The van der Waals surface area contributed by atoms with E-state index < -0.39 is 0 Å². The van der Waals surface area contributed by atoms with E-state index in [2.05, 4.69) is 561 Å². The van der Waals surface area contributed by atoms with Gasteiger partial charge in [0, 0.05) is 98.3 Å². The topological polar surface area (TPSA) is 42.7 Å². The van der Waals surface area contributed by atoms with E-state index in [0.29, 0.717) is 0 Å². The summed E-state index contributed by atoms with van der Waals surface area (Å²) in [5.74, 6) is 0. The summed E-state index contributed by atoms with van der Waals surface area (Å²) in [6.45, 7) is 0. The summed E-state index contributed by atoms with van der Waals surface area (Å²) in [7, 11) is 0. The van der Waals surface area contributed by atoms with Crippen molar-refractivity contribution in [2.24, 2.45) is 0 Å². The molecule has 0 spiro atoms. The summed E-state index contributed by atoms with van der Waals surface area (Å²) < 4.78 is 20.7. The van der Waals surface area contributed by atoms with Crippen LogP contribution in [0.5, 0.6) is 0 Å². The quantitative estimate of drug-likeness (QED) is 0.113. The second-order valence-electron chi connectivity index (χ2n) is 37.7. The first-order valence-electron chi connectivity index (χ1n) is 49.7. The van der Waals surface area contributed by atoms with E-state index in [-0.39, 0.29) is 0 Å². The van der Waals surface area contributed by atoms with Crippen LogP contribution in [0.1, 0.15) is 0 Å². The Morgan fingerprint density at radius 2 is 0.345 bits per heavy atom. The SMILES string of the molecule is c1ccc(-c2ccc(-n3c4ccccc4c4cc(-c5ccc6c(c5)c5ccccc5n6-c5ccc(-c6ccccc6)cc5)ccc43)cc2)cc1.c1ccc(-c2cccc(-n3c4ccccc4c4cc(-c5ccc6c(c5)c5ccccc5n6-c5cccc6oc7ccccc7c56)ccc43)c2)cc1.c1ccc(-c2ccccc2-n2c3ccccc3c3cc(-c4ccc5c(c4)c4ccccc4n5-c4ccccc4)ccc32)cc1. The van der Waals surface area contributed by atoms with Crippen LogP contribution in [0.2, 0.25) is 0 Å². The van der Waals surface area contributed by atoms with Gasteiger partial charge >= 0.3 is 0 Å². The zero-order chi connectivity index (χ0) is 95.5. The fourth-order valence-corrected chi connectivity index (χ4v) is 22.9. The van der Waals surface area contributed by atoms with Crippen molar-refractivity contribution >= 4 is 153 Å². The van der Waals surface area contributed by atoms with Crippen molar-refractivity contribution in [3.63, 3.8) is 0 Å². The number of para-hydroxylation sites is 9. The zero-order valence-corrected chi connectivity index (χ0v) is 79.1. The summed E-state index contributed by atoms with van der Waals surface area (Å²) in [6.07, 6.45) is 0. The smallest absolute Gasteiger partial charge is 0.137 e. The molecule has 0 aliphatic carbocycles. The Bertz CT molecular complexity index is 10100. The third kappa shape index (κ3) is 14.3. The molecule has 0 atom stereocenters. The largest absolute Gasteiger partial charge is 0.456 e. The van der Waals surface area contributed by atoms with Crippen LogP contribution in [-0.2, 0) is 0 Å². The van der Waals surface area contributed by atoms with Crippen LogP contribution in [0.25, 0.3) is 265 Å². The van der Waals surface area contributed by atoms with Gasteiger partial charge in [-0.3, -0.25) is 0 Å². The Kier molecular flexibility index (Phi) is 20.2. The fraction of sp³-hybridized carbons (Fsp3) is 0. The molecule has 0 unspecified atom stereocenters. The van der Waals surface area contributed by atoms with Crippen LogP contribution in [0.4, 0.5) is 0 Å². The lowest BCUT2D eigenvalue weighted by Gasteiger charge is -2.14. The van der Waals surface area contributed by atoms with E-state index in [9.17, 15) is 0 Å². The number of benzene rings is 23. The summed E-state index contributed by atoms with van der Waals surface area (Å²) >= 11 is 0. The van der Waals surface area contributed by atoms with Crippen molar-refractivity contribution in [3.05, 3.63) is 546 Å². The summed E-state index contributed by atoms with van der Waals surface area (Å²) in [6, 6.07) is 197. The molecule has 30 aromatic rings. The molecule has 7 heteroatoms. The van der Waals surface area contributed by atoms with Crippen molar-refractivity contribution in [1.82, 2.24) is 27.4 Å². The molecule has 0 saturated carbocycles. The van der Waals surface area contributed by atoms with Gasteiger partial charge in [-0.1, -0.05) is 364 Å². The summed E-state index contributed by atoms with van der Waals surface area (Å²) in [5, 5.41) is 17.3. The lowest BCUT2D eigenvalue weighted by molar-refractivity contribution is 0.669. The van der Waals surface area contributed by atoms with E-state index in [1.165, 1.54) is 220 Å². The van der Waals surface area contributed by atoms with Gasteiger partial charge in [0.15, 0.2) is 0 Å². The lowest BCUT2D eigenvalue weighted by atomic mass is 10.0. The number of hydrogen-bond acceptors (Lipinski definition) is 1. The van der Waals surface area contributed by atoms with Crippen LogP contribution < -0.4 is 0 Å². The van der Waals surface area contributed by atoms with E-state index in [1.807, 2.05) is 12.1 Å². The molecule has 30 rings (SSSR count). The van der Waals surface area contributed by atoms with Crippen LogP contribution in [0.3, 0.4) is 0 Å². The van der Waals surface area contributed by atoms with Crippen molar-refractivity contribution < 1.29 is 4.42 Å². The second kappa shape index (κ2) is 34.9. The highest BCUT2D eigenvalue weighted by atomic mass is 16.3. The predicted molar refractivity (Wildman–Crippen MR) is 611 cm³/mol. The summed E-state index contributed by atoms with van der Waals surface area (Å²) in [4.78, 5) is 0. The number of aromatic nitrogens is 6. The predicted octanol–water partition coefficient (Wildman–Crippen LogP) is 37.2.